The van der Waals surface area contributed by atoms with Crippen molar-refractivity contribution in [1.29, 1.82) is 0 Å². The van der Waals surface area contributed by atoms with Crippen LogP contribution >= 0.6 is 0 Å². The molecule has 0 saturated heterocycles. The molecule has 2 amide bonds. The van der Waals surface area contributed by atoms with E-state index >= 15 is 0 Å². The van der Waals surface area contributed by atoms with Gasteiger partial charge in [-0.3, -0.25) is 0 Å². The second-order valence-electron chi connectivity index (χ2n) is 5.08. The molecule has 0 fully saturated rings. The predicted molar refractivity (Wildman–Crippen MR) is 91.2 cm³/mol. The highest BCUT2D eigenvalue weighted by Crippen LogP contribution is 2.20. The lowest BCUT2D eigenvalue weighted by molar-refractivity contribution is 0.234. The minimum Gasteiger partial charge on any atom is -0.494 e. The summed E-state index contributed by atoms with van der Waals surface area (Å²) in [6.45, 7) is 6.66. The summed E-state index contributed by atoms with van der Waals surface area (Å²) in [4.78, 5) is 11.8. The fraction of sp³-hybridized carbons (Fsp3) is 0.278. The predicted octanol–water partition coefficient (Wildman–Crippen LogP) is 3.86. The van der Waals surface area contributed by atoms with Crippen LogP contribution in [0.25, 0.3) is 0 Å². The van der Waals surface area contributed by atoms with Crippen molar-refractivity contribution in [2.75, 3.05) is 18.7 Å². The van der Waals surface area contributed by atoms with Gasteiger partial charge in [-0.2, -0.15) is 0 Å². The van der Waals surface area contributed by atoms with Gasteiger partial charge in [-0.05, 0) is 62.2 Å². The van der Waals surface area contributed by atoms with Crippen LogP contribution in [-0.4, -0.2) is 19.4 Å². The maximum Gasteiger partial charge on any atom is 0.321 e. The van der Waals surface area contributed by atoms with Crippen LogP contribution in [0.3, 0.4) is 0 Å². The number of amides is 2. The maximum absolute atomic E-state index is 11.8. The number of hydrogen-bond acceptors (Lipinski definition) is 3. The molecule has 0 aliphatic carbocycles. The number of carbonyl (C=O) groups is 1. The third-order valence-electron chi connectivity index (χ3n) is 3.44. The number of ether oxygens (including phenoxy) is 2. The second-order valence-corrected chi connectivity index (χ2v) is 5.08. The molecule has 5 nitrogen and oxygen atoms in total. The third kappa shape index (κ3) is 4.92. The Bertz CT molecular complexity index is 654. The zero-order valence-corrected chi connectivity index (χ0v) is 13.7. The zero-order valence-electron chi connectivity index (χ0n) is 13.7. The summed E-state index contributed by atoms with van der Waals surface area (Å²) in [5, 5.41) is 5.40. The van der Waals surface area contributed by atoms with E-state index in [2.05, 4.69) is 10.6 Å². The van der Waals surface area contributed by atoms with Crippen molar-refractivity contribution < 1.29 is 14.3 Å². The maximum atomic E-state index is 11.8. The highest BCUT2D eigenvalue weighted by atomic mass is 16.5. The normalized spacial score (nSPS) is 10.0. The number of benzene rings is 2. The summed E-state index contributed by atoms with van der Waals surface area (Å²) in [7, 11) is 0. The Morgan fingerprint density at radius 2 is 1.78 bits per heavy atom. The lowest BCUT2D eigenvalue weighted by Gasteiger charge is -2.12. The fourth-order valence-corrected chi connectivity index (χ4v) is 2.04. The van der Waals surface area contributed by atoms with E-state index in [1.165, 1.54) is 0 Å². The molecule has 0 bridgehead atoms. The Labute approximate surface area is 136 Å². The Hall–Kier alpha value is -2.69. The molecule has 122 valence electrons. The van der Waals surface area contributed by atoms with Gasteiger partial charge in [0.1, 0.15) is 11.5 Å². The van der Waals surface area contributed by atoms with Gasteiger partial charge >= 0.3 is 6.03 Å². The van der Waals surface area contributed by atoms with Gasteiger partial charge in [0.2, 0.25) is 0 Å². The zero-order chi connectivity index (χ0) is 16.7. The van der Waals surface area contributed by atoms with E-state index in [0.717, 1.165) is 22.6 Å². The summed E-state index contributed by atoms with van der Waals surface area (Å²) in [5.41, 5.74) is 2.92. The summed E-state index contributed by atoms with van der Waals surface area (Å²) in [6, 6.07) is 12.7. The van der Waals surface area contributed by atoms with Gasteiger partial charge in [-0.1, -0.05) is 12.1 Å². The number of hydrogen-bond donors (Lipinski definition) is 2. The average Bonchev–Trinajstić information content (AvgIpc) is 2.54. The Kier molecular flexibility index (Phi) is 5.86. The first-order valence-corrected chi connectivity index (χ1v) is 7.57. The summed E-state index contributed by atoms with van der Waals surface area (Å²) < 4.78 is 10.9. The van der Waals surface area contributed by atoms with Gasteiger partial charge in [0.05, 0.1) is 6.61 Å². The molecule has 0 atom stereocenters. The van der Waals surface area contributed by atoms with Crippen LogP contribution in [0.15, 0.2) is 42.5 Å². The van der Waals surface area contributed by atoms with E-state index in [-0.39, 0.29) is 12.8 Å². The third-order valence-corrected chi connectivity index (χ3v) is 3.44. The van der Waals surface area contributed by atoms with Crippen LogP contribution in [0.4, 0.5) is 10.5 Å². The van der Waals surface area contributed by atoms with Crippen LogP contribution in [-0.2, 0) is 0 Å². The molecule has 5 heteroatoms. The Morgan fingerprint density at radius 1 is 1.04 bits per heavy atom. The highest BCUT2D eigenvalue weighted by molar-refractivity contribution is 5.89. The van der Waals surface area contributed by atoms with E-state index < -0.39 is 0 Å². The molecule has 0 aliphatic rings. The number of urea groups is 1. The number of rotatable bonds is 6. The molecule has 0 saturated carbocycles. The van der Waals surface area contributed by atoms with E-state index in [1.54, 1.807) is 12.1 Å². The second kappa shape index (κ2) is 8.08. The number of aryl methyl sites for hydroxylation is 1. The molecular weight excluding hydrogens is 292 g/mol. The molecule has 0 aromatic heterocycles. The minimum atomic E-state index is -0.320. The minimum absolute atomic E-state index is 0.104. The van der Waals surface area contributed by atoms with Gasteiger partial charge in [0.25, 0.3) is 0 Å². The molecule has 0 radical (unpaired) electrons. The highest BCUT2D eigenvalue weighted by Gasteiger charge is 2.04. The topological polar surface area (TPSA) is 59.6 Å². The van der Waals surface area contributed by atoms with Crippen molar-refractivity contribution in [1.82, 2.24) is 5.32 Å². The first-order valence-electron chi connectivity index (χ1n) is 7.57. The quantitative estimate of drug-likeness (QED) is 0.796. The Morgan fingerprint density at radius 3 is 2.48 bits per heavy atom. The lowest BCUT2D eigenvalue weighted by Crippen LogP contribution is -2.32. The lowest BCUT2D eigenvalue weighted by atomic mass is 10.1. The number of anilines is 1. The first-order chi connectivity index (χ1) is 11.1. The number of carbonyl (C=O) groups excluding carboxylic acids is 1. The van der Waals surface area contributed by atoms with Crippen molar-refractivity contribution in [2.24, 2.45) is 0 Å². The molecule has 2 rings (SSSR count). The van der Waals surface area contributed by atoms with Gasteiger partial charge < -0.3 is 20.1 Å². The van der Waals surface area contributed by atoms with Crippen molar-refractivity contribution in [3.8, 4) is 11.5 Å². The molecule has 0 aliphatic heterocycles. The van der Waals surface area contributed by atoms with Crippen LogP contribution in [0.5, 0.6) is 11.5 Å². The van der Waals surface area contributed by atoms with Crippen molar-refractivity contribution in [2.45, 2.75) is 20.8 Å². The van der Waals surface area contributed by atoms with Crippen molar-refractivity contribution in [3.63, 3.8) is 0 Å². The molecular formula is C18H22N2O3. The fourth-order valence-electron chi connectivity index (χ4n) is 2.04. The van der Waals surface area contributed by atoms with Crippen LogP contribution in [0.1, 0.15) is 18.1 Å². The van der Waals surface area contributed by atoms with E-state index in [9.17, 15) is 4.79 Å². The van der Waals surface area contributed by atoms with Crippen molar-refractivity contribution in [3.05, 3.63) is 53.6 Å². The summed E-state index contributed by atoms with van der Waals surface area (Å²) >= 11 is 0. The Balaban J connectivity index is 1.80. The molecule has 23 heavy (non-hydrogen) atoms. The summed E-state index contributed by atoms with van der Waals surface area (Å²) in [6.07, 6.45) is 0. The van der Waals surface area contributed by atoms with E-state index in [1.807, 2.05) is 51.1 Å². The van der Waals surface area contributed by atoms with Gasteiger partial charge in [-0.15, -0.1) is 0 Å². The van der Waals surface area contributed by atoms with E-state index in [0.29, 0.717) is 12.3 Å². The van der Waals surface area contributed by atoms with E-state index in [4.69, 9.17) is 9.47 Å². The monoisotopic (exact) mass is 314 g/mol. The molecule has 0 spiro atoms. The molecule has 0 unspecified atom stereocenters. The largest absolute Gasteiger partial charge is 0.494 e. The molecule has 0 heterocycles. The molecule has 2 N–H and O–H groups in total. The van der Waals surface area contributed by atoms with Gasteiger partial charge in [0, 0.05) is 5.69 Å². The first kappa shape index (κ1) is 16.7. The van der Waals surface area contributed by atoms with Crippen LogP contribution in [0.2, 0.25) is 0 Å². The average molecular weight is 314 g/mol. The van der Waals surface area contributed by atoms with Crippen LogP contribution in [0, 0.1) is 13.8 Å². The summed E-state index contributed by atoms with van der Waals surface area (Å²) in [5.74, 6) is 1.54. The van der Waals surface area contributed by atoms with Gasteiger partial charge in [-0.25, -0.2) is 4.79 Å². The van der Waals surface area contributed by atoms with Crippen molar-refractivity contribution >= 4 is 11.7 Å². The smallest absolute Gasteiger partial charge is 0.321 e. The number of nitrogens with one attached hydrogen (secondary N) is 2. The molecule has 2 aromatic carbocycles. The SMILES string of the molecule is CCOc1ccc(NC(=O)NCOc2cccc(C)c2C)cc1. The standard InChI is InChI=1S/C18H22N2O3/c1-4-22-16-10-8-15(9-11-16)20-18(21)19-12-23-17-7-5-6-13(2)14(17)3/h5-11H,4,12H2,1-3H3,(H2,19,20,21). The molecule has 2 aromatic rings. The van der Waals surface area contributed by atoms with Gasteiger partial charge in [0.15, 0.2) is 6.73 Å². The van der Waals surface area contributed by atoms with Crippen LogP contribution < -0.4 is 20.1 Å².